The van der Waals surface area contributed by atoms with Gasteiger partial charge in [-0.15, -0.1) is 0 Å². The maximum atomic E-state index is 11.8. The Hall–Kier alpha value is -2.96. The van der Waals surface area contributed by atoms with Gasteiger partial charge in [-0.25, -0.2) is 4.79 Å². The van der Waals surface area contributed by atoms with Gasteiger partial charge in [0.05, 0.1) is 19.6 Å². The second-order valence-corrected chi connectivity index (χ2v) is 6.59. The second-order valence-electron chi connectivity index (χ2n) is 6.59. The van der Waals surface area contributed by atoms with E-state index >= 15 is 0 Å². The summed E-state index contributed by atoms with van der Waals surface area (Å²) in [5.41, 5.74) is 2.09. The molecule has 1 heterocycles. The molecule has 1 aromatic carbocycles. The van der Waals surface area contributed by atoms with E-state index in [9.17, 15) is 9.59 Å². The fraction of sp³-hybridized carbons (Fsp3) is 0.429. The zero-order valence-electron chi connectivity index (χ0n) is 16.3. The molecule has 0 aliphatic carbocycles. The summed E-state index contributed by atoms with van der Waals surface area (Å²) in [6.45, 7) is 8.13. The van der Waals surface area contributed by atoms with Crippen LogP contribution in [0, 0.1) is 0 Å². The molecule has 0 amide bonds. The SMILES string of the molecule is C=CC(=O)OCCCCOC(=O)CCc1nc(-c2cccc(C(C)C)c2)no1. The van der Waals surface area contributed by atoms with E-state index in [-0.39, 0.29) is 25.6 Å². The van der Waals surface area contributed by atoms with Crippen LogP contribution < -0.4 is 0 Å². The molecule has 0 aliphatic rings. The number of rotatable bonds is 11. The van der Waals surface area contributed by atoms with Crippen LogP contribution in [0.25, 0.3) is 11.4 Å². The van der Waals surface area contributed by atoms with Crippen LogP contribution in [0.5, 0.6) is 0 Å². The van der Waals surface area contributed by atoms with E-state index in [4.69, 9.17) is 14.0 Å². The first-order valence-electron chi connectivity index (χ1n) is 9.37. The van der Waals surface area contributed by atoms with E-state index in [1.54, 1.807) is 0 Å². The van der Waals surface area contributed by atoms with Crippen LogP contribution in [0.4, 0.5) is 0 Å². The zero-order chi connectivity index (χ0) is 20.4. The van der Waals surface area contributed by atoms with Crippen molar-refractivity contribution in [3.05, 3.63) is 48.4 Å². The van der Waals surface area contributed by atoms with Gasteiger partial charge in [0.25, 0.3) is 0 Å². The summed E-state index contributed by atoms with van der Waals surface area (Å²) < 4.78 is 15.2. The topological polar surface area (TPSA) is 91.5 Å². The Morgan fingerprint density at radius 1 is 1.21 bits per heavy atom. The molecule has 2 aromatic rings. The Labute approximate surface area is 164 Å². The Morgan fingerprint density at radius 3 is 2.68 bits per heavy atom. The van der Waals surface area contributed by atoms with Crippen molar-refractivity contribution in [3.8, 4) is 11.4 Å². The molecule has 28 heavy (non-hydrogen) atoms. The lowest BCUT2D eigenvalue weighted by molar-refractivity contribution is -0.144. The van der Waals surface area contributed by atoms with Gasteiger partial charge in [-0.2, -0.15) is 4.98 Å². The number of ether oxygens (including phenoxy) is 2. The first kappa shape index (κ1) is 21.3. The molecular formula is C21H26N2O5. The van der Waals surface area contributed by atoms with Gasteiger partial charge in [-0.3, -0.25) is 4.79 Å². The smallest absolute Gasteiger partial charge is 0.330 e. The van der Waals surface area contributed by atoms with Crippen molar-refractivity contribution >= 4 is 11.9 Å². The standard InChI is InChI=1S/C21H26N2O5/c1-4-19(24)26-12-5-6-13-27-20(25)11-10-18-22-21(23-28-18)17-9-7-8-16(14-17)15(2)3/h4,7-9,14-15H,1,5-6,10-13H2,2-3H3. The van der Waals surface area contributed by atoms with Crippen LogP contribution in [0.15, 0.2) is 41.4 Å². The van der Waals surface area contributed by atoms with Gasteiger partial charge < -0.3 is 14.0 Å². The zero-order valence-corrected chi connectivity index (χ0v) is 16.3. The number of benzene rings is 1. The molecule has 0 N–H and O–H groups in total. The highest BCUT2D eigenvalue weighted by Crippen LogP contribution is 2.22. The highest BCUT2D eigenvalue weighted by Gasteiger charge is 2.12. The van der Waals surface area contributed by atoms with Gasteiger partial charge >= 0.3 is 11.9 Å². The predicted octanol–water partition coefficient (Wildman–Crippen LogP) is 3.85. The minimum atomic E-state index is -0.452. The lowest BCUT2D eigenvalue weighted by Gasteiger charge is -2.05. The Kier molecular flexibility index (Phi) is 8.39. The van der Waals surface area contributed by atoms with Crippen LogP contribution in [0.1, 0.15) is 50.5 Å². The number of aromatic nitrogens is 2. The molecule has 150 valence electrons. The van der Waals surface area contributed by atoms with Gasteiger partial charge in [-0.1, -0.05) is 43.8 Å². The first-order chi connectivity index (χ1) is 13.5. The molecular weight excluding hydrogens is 360 g/mol. The van der Waals surface area contributed by atoms with Crippen LogP contribution in [-0.4, -0.2) is 35.3 Å². The number of aryl methyl sites for hydroxylation is 1. The van der Waals surface area contributed by atoms with Crippen LogP contribution in [-0.2, 0) is 25.5 Å². The number of hydrogen-bond donors (Lipinski definition) is 0. The third kappa shape index (κ3) is 6.98. The molecule has 7 nitrogen and oxygen atoms in total. The molecule has 0 unspecified atom stereocenters. The average molecular weight is 386 g/mol. The lowest BCUT2D eigenvalue weighted by Crippen LogP contribution is -2.08. The summed E-state index contributed by atoms with van der Waals surface area (Å²) in [6, 6.07) is 8.01. The summed E-state index contributed by atoms with van der Waals surface area (Å²) in [5.74, 6) is 0.546. The van der Waals surface area contributed by atoms with E-state index < -0.39 is 5.97 Å². The fourth-order valence-corrected chi connectivity index (χ4v) is 2.41. The van der Waals surface area contributed by atoms with Crippen LogP contribution in [0.3, 0.4) is 0 Å². The first-order valence-corrected chi connectivity index (χ1v) is 9.37. The van der Waals surface area contributed by atoms with Crippen molar-refractivity contribution < 1.29 is 23.6 Å². The minimum Gasteiger partial charge on any atom is -0.466 e. The Morgan fingerprint density at radius 2 is 1.96 bits per heavy atom. The quantitative estimate of drug-likeness (QED) is 0.329. The average Bonchev–Trinajstić information content (AvgIpc) is 3.18. The third-order valence-corrected chi connectivity index (χ3v) is 4.04. The lowest BCUT2D eigenvalue weighted by atomic mass is 10.0. The number of hydrogen-bond acceptors (Lipinski definition) is 7. The normalized spacial score (nSPS) is 10.7. The molecule has 0 aliphatic heterocycles. The Bertz CT molecular complexity index is 798. The number of carbonyl (C=O) groups is 2. The Balaban J connectivity index is 1.71. The van der Waals surface area contributed by atoms with E-state index in [0.717, 1.165) is 11.6 Å². The monoisotopic (exact) mass is 386 g/mol. The predicted molar refractivity (Wildman–Crippen MR) is 103 cm³/mol. The highest BCUT2D eigenvalue weighted by atomic mass is 16.5. The molecule has 0 saturated heterocycles. The number of esters is 2. The maximum absolute atomic E-state index is 11.8. The third-order valence-electron chi connectivity index (χ3n) is 4.04. The van der Waals surface area contributed by atoms with Gasteiger partial charge in [0, 0.05) is 18.1 Å². The highest BCUT2D eigenvalue weighted by molar-refractivity contribution is 5.81. The number of unbranched alkanes of at least 4 members (excludes halogenated alkanes) is 1. The van der Waals surface area contributed by atoms with E-state index in [1.165, 1.54) is 5.56 Å². The van der Waals surface area contributed by atoms with Crippen molar-refractivity contribution in [2.75, 3.05) is 13.2 Å². The van der Waals surface area contributed by atoms with Gasteiger partial charge in [-0.05, 0) is 30.4 Å². The summed E-state index contributed by atoms with van der Waals surface area (Å²) in [5, 5.41) is 4.00. The van der Waals surface area contributed by atoms with Gasteiger partial charge in [0.1, 0.15) is 0 Å². The summed E-state index contributed by atoms with van der Waals surface area (Å²) in [7, 11) is 0. The van der Waals surface area contributed by atoms with Gasteiger partial charge in [0.15, 0.2) is 0 Å². The van der Waals surface area contributed by atoms with E-state index in [1.807, 2.05) is 18.2 Å². The molecule has 0 bridgehead atoms. The molecule has 2 rings (SSSR count). The van der Waals surface area contributed by atoms with Crippen molar-refractivity contribution in [2.24, 2.45) is 0 Å². The van der Waals surface area contributed by atoms with Gasteiger partial charge in [0.2, 0.25) is 11.7 Å². The number of nitrogens with zero attached hydrogens (tertiary/aromatic N) is 2. The fourth-order valence-electron chi connectivity index (χ4n) is 2.41. The molecule has 7 heteroatoms. The molecule has 0 atom stereocenters. The largest absolute Gasteiger partial charge is 0.466 e. The summed E-state index contributed by atoms with van der Waals surface area (Å²) >= 11 is 0. The maximum Gasteiger partial charge on any atom is 0.330 e. The van der Waals surface area contributed by atoms with Crippen molar-refractivity contribution in [3.63, 3.8) is 0 Å². The summed E-state index contributed by atoms with van der Waals surface area (Å²) in [6.07, 6.45) is 2.85. The minimum absolute atomic E-state index is 0.166. The molecule has 0 radical (unpaired) electrons. The van der Waals surface area contributed by atoms with Crippen LogP contribution in [0.2, 0.25) is 0 Å². The molecule has 0 spiro atoms. The van der Waals surface area contributed by atoms with E-state index in [2.05, 4.69) is 36.6 Å². The second kappa shape index (κ2) is 11.0. The summed E-state index contributed by atoms with van der Waals surface area (Å²) in [4.78, 5) is 27.0. The van der Waals surface area contributed by atoms with Crippen molar-refractivity contribution in [1.82, 2.24) is 10.1 Å². The molecule has 0 saturated carbocycles. The number of carbonyl (C=O) groups excluding carboxylic acids is 2. The van der Waals surface area contributed by atoms with Crippen LogP contribution >= 0.6 is 0 Å². The molecule has 0 fully saturated rings. The van der Waals surface area contributed by atoms with Crippen molar-refractivity contribution in [2.45, 2.75) is 45.4 Å². The van der Waals surface area contributed by atoms with E-state index in [0.29, 0.717) is 36.9 Å². The molecule has 1 aromatic heterocycles. The van der Waals surface area contributed by atoms with Crippen molar-refractivity contribution in [1.29, 1.82) is 0 Å².